The summed E-state index contributed by atoms with van der Waals surface area (Å²) in [5.74, 6) is 1.84. The number of aromatic nitrogens is 3. The Morgan fingerprint density at radius 1 is 0.906 bits per heavy atom. The molecule has 0 radical (unpaired) electrons. The molecule has 6 nitrogen and oxygen atoms in total. The van der Waals surface area contributed by atoms with E-state index in [4.69, 9.17) is 10.00 Å². The highest BCUT2D eigenvalue weighted by atomic mass is 32.2. The molecule has 0 unspecified atom stereocenters. The lowest BCUT2D eigenvalue weighted by atomic mass is 10.2. The van der Waals surface area contributed by atoms with Crippen LogP contribution in [0.25, 0.3) is 0 Å². The molecule has 4 aromatic rings. The number of benzene rings is 3. The molecule has 0 aliphatic carbocycles. The first-order chi connectivity index (χ1) is 15.8. The van der Waals surface area contributed by atoms with E-state index >= 15 is 0 Å². The van der Waals surface area contributed by atoms with Crippen LogP contribution in [-0.2, 0) is 6.61 Å². The van der Waals surface area contributed by atoms with Gasteiger partial charge in [0.25, 0.3) is 0 Å². The Bertz CT molecular complexity index is 1120. The monoisotopic (exact) mass is 441 g/mol. The topological polar surface area (TPSA) is 67.0 Å². The molecule has 32 heavy (non-hydrogen) atoms. The maximum absolute atomic E-state index is 9.03. The molecule has 1 heterocycles. The molecule has 160 valence electrons. The minimum atomic E-state index is 0.571. The normalized spacial score (nSPS) is 10.5. The van der Waals surface area contributed by atoms with Crippen LogP contribution in [0.2, 0.25) is 0 Å². The van der Waals surface area contributed by atoms with Crippen LogP contribution in [0, 0.1) is 11.3 Å². The zero-order valence-corrected chi connectivity index (χ0v) is 18.4. The number of anilines is 1. The molecular formula is C25H23N5OS. The van der Waals surface area contributed by atoms with Gasteiger partial charge in [-0.1, -0.05) is 30.3 Å². The number of rotatable bonds is 10. The zero-order valence-electron chi connectivity index (χ0n) is 17.5. The van der Waals surface area contributed by atoms with Crippen molar-refractivity contribution in [2.24, 2.45) is 0 Å². The quantitative estimate of drug-likeness (QED) is 0.249. The molecule has 4 rings (SSSR count). The fourth-order valence-corrected chi connectivity index (χ4v) is 4.02. The summed E-state index contributed by atoms with van der Waals surface area (Å²) in [5, 5.41) is 19.0. The van der Waals surface area contributed by atoms with Gasteiger partial charge in [0, 0.05) is 11.4 Å². The van der Waals surface area contributed by atoms with E-state index in [0.717, 1.165) is 35.7 Å². The second-order valence-corrected chi connectivity index (χ2v) is 8.24. The molecule has 3 aromatic carbocycles. The lowest BCUT2D eigenvalue weighted by molar-refractivity contribution is 0.306. The van der Waals surface area contributed by atoms with Crippen LogP contribution in [0.3, 0.4) is 0 Å². The molecule has 0 aliphatic heterocycles. The molecule has 0 fully saturated rings. The van der Waals surface area contributed by atoms with E-state index in [9.17, 15) is 0 Å². The van der Waals surface area contributed by atoms with Crippen LogP contribution in [0.4, 0.5) is 5.69 Å². The first kappa shape index (κ1) is 21.5. The third-order valence-corrected chi connectivity index (χ3v) is 5.93. The van der Waals surface area contributed by atoms with Crippen molar-refractivity contribution in [3.63, 3.8) is 0 Å². The minimum Gasteiger partial charge on any atom is -0.489 e. The van der Waals surface area contributed by atoms with Gasteiger partial charge in [-0.3, -0.25) is 5.01 Å². The average Bonchev–Trinajstić information content (AvgIpc) is 3.39. The number of nitriles is 1. The highest BCUT2D eigenvalue weighted by molar-refractivity contribution is 7.99. The van der Waals surface area contributed by atoms with Crippen molar-refractivity contribution < 1.29 is 4.74 Å². The lowest BCUT2D eigenvalue weighted by Gasteiger charge is -2.24. The average molecular weight is 442 g/mol. The maximum atomic E-state index is 9.03. The van der Waals surface area contributed by atoms with E-state index in [1.807, 2.05) is 71.0 Å². The second-order valence-electron chi connectivity index (χ2n) is 7.07. The molecule has 0 amide bonds. The summed E-state index contributed by atoms with van der Waals surface area (Å²) in [6, 6.07) is 28.1. The van der Waals surface area contributed by atoms with Gasteiger partial charge in [-0.05, 0) is 66.3 Å². The molecule has 0 N–H and O–H groups in total. The molecule has 0 saturated carbocycles. The number of thioether (sulfide) groups is 1. The van der Waals surface area contributed by atoms with Crippen molar-refractivity contribution in [2.45, 2.75) is 17.9 Å². The van der Waals surface area contributed by atoms with Gasteiger partial charge in [-0.15, -0.1) is 22.0 Å². The summed E-state index contributed by atoms with van der Waals surface area (Å²) in [6.07, 6.45) is 4.33. The van der Waals surface area contributed by atoms with Gasteiger partial charge in [-0.25, -0.2) is 4.68 Å². The summed E-state index contributed by atoms with van der Waals surface area (Å²) < 4.78 is 7.73. The lowest BCUT2D eigenvalue weighted by Crippen LogP contribution is -2.29. The van der Waals surface area contributed by atoms with E-state index in [2.05, 4.69) is 45.5 Å². The first-order valence-corrected chi connectivity index (χ1v) is 11.3. The maximum Gasteiger partial charge on any atom is 0.139 e. The number of hydrogen-bond acceptors (Lipinski definition) is 6. The molecule has 0 saturated heterocycles. The molecule has 0 atom stereocenters. The van der Waals surface area contributed by atoms with E-state index in [1.165, 1.54) is 4.90 Å². The Morgan fingerprint density at radius 2 is 1.62 bits per heavy atom. The highest BCUT2D eigenvalue weighted by Gasteiger charge is 2.09. The van der Waals surface area contributed by atoms with E-state index in [0.29, 0.717) is 12.2 Å². The summed E-state index contributed by atoms with van der Waals surface area (Å²) in [5.41, 5.74) is 2.80. The Hall–Kier alpha value is -3.76. The van der Waals surface area contributed by atoms with Crippen molar-refractivity contribution >= 4 is 17.4 Å². The predicted molar refractivity (Wildman–Crippen MR) is 126 cm³/mol. The Labute approximate surface area is 192 Å². The molecule has 0 spiro atoms. The van der Waals surface area contributed by atoms with Gasteiger partial charge in [0.15, 0.2) is 0 Å². The third-order valence-electron chi connectivity index (χ3n) is 4.83. The molecule has 0 aliphatic rings. The van der Waals surface area contributed by atoms with Gasteiger partial charge in [0.2, 0.25) is 0 Å². The van der Waals surface area contributed by atoms with E-state index in [1.54, 1.807) is 12.7 Å². The number of ether oxygens (including phenoxy) is 1. The summed E-state index contributed by atoms with van der Waals surface area (Å²) in [7, 11) is 0. The zero-order chi connectivity index (χ0) is 22.0. The van der Waals surface area contributed by atoms with Crippen LogP contribution >= 0.6 is 11.8 Å². The van der Waals surface area contributed by atoms with Gasteiger partial charge >= 0.3 is 0 Å². The van der Waals surface area contributed by atoms with Gasteiger partial charge in [-0.2, -0.15) is 5.26 Å². The Kier molecular flexibility index (Phi) is 7.40. The van der Waals surface area contributed by atoms with Crippen LogP contribution in [0.15, 0.2) is 96.4 Å². The molecule has 1 aromatic heterocycles. The summed E-state index contributed by atoms with van der Waals surface area (Å²) >= 11 is 1.82. The SMILES string of the molecule is N#Cc1ccc(N(CCCSc2ccc(OCc3ccccc3)cc2)n2cnnc2)cc1. The molecular weight excluding hydrogens is 418 g/mol. The fourth-order valence-electron chi connectivity index (χ4n) is 3.18. The number of nitrogens with zero attached hydrogens (tertiary/aromatic N) is 5. The van der Waals surface area contributed by atoms with Gasteiger partial charge in [0.05, 0.1) is 17.3 Å². The fraction of sp³-hybridized carbons (Fsp3) is 0.160. The van der Waals surface area contributed by atoms with E-state index in [-0.39, 0.29) is 0 Å². The van der Waals surface area contributed by atoms with Crippen molar-refractivity contribution in [1.82, 2.24) is 14.9 Å². The molecule has 7 heteroatoms. The minimum absolute atomic E-state index is 0.571. The standard InChI is InChI=1S/C25H23N5OS/c26-17-21-7-9-23(10-8-21)30(29-19-27-28-20-29)15-4-16-32-25-13-11-24(12-14-25)31-18-22-5-2-1-3-6-22/h1-3,5-14,19-20H,4,15-16,18H2. The Morgan fingerprint density at radius 3 is 2.31 bits per heavy atom. The smallest absolute Gasteiger partial charge is 0.139 e. The highest BCUT2D eigenvalue weighted by Crippen LogP contribution is 2.23. The van der Waals surface area contributed by atoms with Gasteiger partial charge < -0.3 is 4.74 Å². The predicted octanol–water partition coefficient (Wildman–Crippen LogP) is 5.18. The Balaban J connectivity index is 1.27. The van der Waals surface area contributed by atoms with Crippen molar-refractivity contribution in [3.05, 3.63) is 103 Å². The largest absolute Gasteiger partial charge is 0.489 e. The van der Waals surface area contributed by atoms with Crippen LogP contribution in [-0.4, -0.2) is 27.2 Å². The molecule has 0 bridgehead atoms. The first-order valence-electron chi connectivity index (χ1n) is 10.3. The van der Waals surface area contributed by atoms with Crippen LogP contribution in [0.1, 0.15) is 17.5 Å². The van der Waals surface area contributed by atoms with Crippen LogP contribution in [0.5, 0.6) is 5.75 Å². The second kappa shape index (κ2) is 11.0. The third kappa shape index (κ3) is 5.90. The van der Waals surface area contributed by atoms with Crippen molar-refractivity contribution in [3.8, 4) is 11.8 Å². The van der Waals surface area contributed by atoms with Crippen LogP contribution < -0.4 is 9.75 Å². The summed E-state index contributed by atoms with van der Waals surface area (Å²) in [4.78, 5) is 1.21. The van der Waals surface area contributed by atoms with Crippen molar-refractivity contribution in [2.75, 3.05) is 17.3 Å². The number of hydrogen-bond donors (Lipinski definition) is 0. The summed E-state index contributed by atoms with van der Waals surface area (Å²) in [6.45, 7) is 1.37. The van der Waals surface area contributed by atoms with Gasteiger partial charge in [0.1, 0.15) is 25.0 Å². The van der Waals surface area contributed by atoms with E-state index < -0.39 is 0 Å². The van der Waals surface area contributed by atoms with Crippen molar-refractivity contribution in [1.29, 1.82) is 5.26 Å².